The maximum atomic E-state index is 2.39. The van der Waals surface area contributed by atoms with Gasteiger partial charge in [0.2, 0.25) is 0 Å². The predicted octanol–water partition coefficient (Wildman–Crippen LogP) is 4.25. The third-order valence-corrected chi connectivity index (χ3v) is 3.55. The molecule has 0 nitrogen and oxygen atoms in total. The maximum Gasteiger partial charge on any atom is -0.0264 e. The Kier molecular flexibility index (Phi) is 3.20. The Balaban J connectivity index is 2.43. The first-order valence-corrected chi connectivity index (χ1v) is 5.66. The van der Waals surface area contributed by atoms with E-state index in [1.807, 2.05) is 0 Å². The molecule has 0 heteroatoms. The molecule has 0 amide bonds. The second kappa shape index (κ2) is 3.81. The van der Waals surface area contributed by atoms with Crippen LogP contribution in [0.1, 0.15) is 59.8 Å². The standard InChI is InChI=1S/C12H24/c1-5-7-12(8-6-2)9-11(12)10(3)4/h10-11H,5-9H2,1-4H3. The molecule has 1 aliphatic carbocycles. The minimum atomic E-state index is 0.789. The highest BCUT2D eigenvalue weighted by atomic mass is 14.6. The monoisotopic (exact) mass is 168 g/mol. The minimum Gasteiger partial charge on any atom is -0.0654 e. The van der Waals surface area contributed by atoms with Crippen LogP contribution in [-0.4, -0.2) is 0 Å². The van der Waals surface area contributed by atoms with Crippen LogP contribution in [0.15, 0.2) is 0 Å². The number of rotatable bonds is 5. The van der Waals surface area contributed by atoms with E-state index >= 15 is 0 Å². The third kappa shape index (κ3) is 1.84. The van der Waals surface area contributed by atoms with E-state index in [1.54, 1.807) is 0 Å². The average molecular weight is 168 g/mol. The van der Waals surface area contributed by atoms with Gasteiger partial charge < -0.3 is 0 Å². The van der Waals surface area contributed by atoms with E-state index in [1.165, 1.54) is 32.1 Å². The Labute approximate surface area is 77.7 Å². The minimum absolute atomic E-state index is 0.789. The molecule has 1 unspecified atom stereocenters. The molecule has 12 heavy (non-hydrogen) atoms. The predicted molar refractivity (Wildman–Crippen MR) is 55.2 cm³/mol. The van der Waals surface area contributed by atoms with Gasteiger partial charge in [0.15, 0.2) is 0 Å². The highest BCUT2D eigenvalue weighted by molar-refractivity contribution is 5.02. The van der Waals surface area contributed by atoms with Crippen molar-refractivity contribution in [2.24, 2.45) is 17.3 Å². The van der Waals surface area contributed by atoms with Crippen LogP contribution >= 0.6 is 0 Å². The van der Waals surface area contributed by atoms with Crippen LogP contribution in [0.3, 0.4) is 0 Å². The molecule has 0 saturated heterocycles. The molecule has 0 radical (unpaired) electrons. The third-order valence-electron chi connectivity index (χ3n) is 3.55. The molecule has 0 aromatic heterocycles. The summed E-state index contributed by atoms with van der Waals surface area (Å²) in [5.74, 6) is 1.97. The van der Waals surface area contributed by atoms with Crippen LogP contribution in [0.2, 0.25) is 0 Å². The first kappa shape index (κ1) is 10.1. The Bertz CT molecular complexity index is 129. The van der Waals surface area contributed by atoms with Crippen molar-refractivity contribution in [2.45, 2.75) is 59.8 Å². The van der Waals surface area contributed by atoms with Gasteiger partial charge in [0, 0.05) is 0 Å². The molecule has 72 valence electrons. The number of hydrogen-bond donors (Lipinski definition) is 0. The summed E-state index contributed by atoms with van der Waals surface area (Å²) in [6, 6.07) is 0. The van der Waals surface area contributed by atoms with E-state index < -0.39 is 0 Å². The zero-order chi connectivity index (χ0) is 9.19. The molecule has 0 aromatic rings. The lowest BCUT2D eigenvalue weighted by molar-refractivity contribution is 0.337. The van der Waals surface area contributed by atoms with Gasteiger partial charge in [-0.2, -0.15) is 0 Å². The normalized spacial score (nSPS) is 26.2. The molecule has 1 saturated carbocycles. The van der Waals surface area contributed by atoms with E-state index in [0.717, 1.165) is 17.3 Å². The second-order valence-electron chi connectivity index (χ2n) is 4.92. The van der Waals surface area contributed by atoms with E-state index in [0.29, 0.717) is 0 Å². The van der Waals surface area contributed by atoms with Gasteiger partial charge in [-0.1, -0.05) is 40.5 Å². The van der Waals surface area contributed by atoms with E-state index in [-0.39, 0.29) is 0 Å². The van der Waals surface area contributed by atoms with Crippen molar-refractivity contribution in [2.75, 3.05) is 0 Å². The highest BCUT2D eigenvalue weighted by Gasteiger charge is 2.52. The van der Waals surface area contributed by atoms with Crippen LogP contribution in [0.4, 0.5) is 0 Å². The lowest BCUT2D eigenvalue weighted by atomic mass is 9.89. The van der Waals surface area contributed by atoms with Crippen molar-refractivity contribution in [1.82, 2.24) is 0 Å². The first-order valence-electron chi connectivity index (χ1n) is 5.66. The molecular weight excluding hydrogens is 144 g/mol. The summed E-state index contributed by atoms with van der Waals surface area (Å²) in [6.07, 6.45) is 7.23. The largest absolute Gasteiger partial charge is 0.0654 e. The molecule has 1 atom stereocenters. The lowest BCUT2D eigenvalue weighted by Gasteiger charge is -2.17. The van der Waals surface area contributed by atoms with Crippen LogP contribution in [0.25, 0.3) is 0 Å². The van der Waals surface area contributed by atoms with Gasteiger partial charge in [-0.15, -0.1) is 0 Å². The lowest BCUT2D eigenvalue weighted by Crippen LogP contribution is -2.07. The zero-order valence-corrected chi connectivity index (χ0v) is 9.19. The van der Waals surface area contributed by atoms with Gasteiger partial charge >= 0.3 is 0 Å². The molecule has 0 spiro atoms. The van der Waals surface area contributed by atoms with Crippen molar-refractivity contribution in [3.05, 3.63) is 0 Å². The summed E-state index contributed by atoms with van der Waals surface area (Å²) in [5.41, 5.74) is 0.789. The average Bonchev–Trinajstić information content (AvgIpc) is 2.65. The van der Waals surface area contributed by atoms with Crippen molar-refractivity contribution >= 4 is 0 Å². The van der Waals surface area contributed by atoms with Gasteiger partial charge in [0.05, 0.1) is 0 Å². The summed E-state index contributed by atoms with van der Waals surface area (Å²) in [6.45, 7) is 9.43. The molecule has 0 heterocycles. The van der Waals surface area contributed by atoms with E-state index in [2.05, 4.69) is 27.7 Å². The molecule has 0 bridgehead atoms. The molecule has 1 aliphatic rings. The van der Waals surface area contributed by atoms with Gasteiger partial charge in [-0.3, -0.25) is 0 Å². The smallest absolute Gasteiger partial charge is 0.0264 e. The van der Waals surface area contributed by atoms with E-state index in [9.17, 15) is 0 Å². The number of hydrogen-bond acceptors (Lipinski definition) is 0. The van der Waals surface area contributed by atoms with Crippen molar-refractivity contribution in [1.29, 1.82) is 0 Å². The van der Waals surface area contributed by atoms with Gasteiger partial charge in [0.1, 0.15) is 0 Å². The van der Waals surface area contributed by atoms with Gasteiger partial charge in [0.25, 0.3) is 0 Å². The molecule has 1 rings (SSSR count). The van der Waals surface area contributed by atoms with Crippen molar-refractivity contribution in [3.63, 3.8) is 0 Å². The Morgan fingerprint density at radius 3 is 1.92 bits per heavy atom. The molecule has 0 aliphatic heterocycles. The summed E-state index contributed by atoms with van der Waals surface area (Å²) in [4.78, 5) is 0. The second-order valence-corrected chi connectivity index (χ2v) is 4.92. The molecule has 0 aromatic carbocycles. The van der Waals surface area contributed by atoms with Crippen LogP contribution in [-0.2, 0) is 0 Å². The summed E-state index contributed by atoms with van der Waals surface area (Å²) in [5, 5.41) is 0. The summed E-state index contributed by atoms with van der Waals surface area (Å²) >= 11 is 0. The summed E-state index contributed by atoms with van der Waals surface area (Å²) < 4.78 is 0. The van der Waals surface area contributed by atoms with Crippen molar-refractivity contribution < 1.29 is 0 Å². The summed E-state index contributed by atoms with van der Waals surface area (Å²) in [7, 11) is 0. The Morgan fingerprint density at radius 1 is 1.17 bits per heavy atom. The van der Waals surface area contributed by atoms with Crippen LogP contribution in [0.5, 0.6) is 0 Å². The Morgan fingerprint density at radius 2 is 1.67 bits per heavy atom. The molecular formula is C12H24. The van der Waals surface area contributed by atoms with Crippen LogP contribution < -0.4 is 0 Å². The highest BCUT2D eigenvalue weighted by Crippen LogP contribution is 2.62. The Hall–Kier alpha value is 0. The fraction of sp³-hybridized carbons (Fsp3) is 1.00. The topological polar surface area (TPSA) is 0 Å². The van der Waals surface area contributed by atoms with Crippen molar-refractivity contribution in [3.8, 4) is 0 Å². The molecule has 0 N–H and O–H groups in total. The van der Waals surface area contributed by atoms with Crippen LogP contribution in [0, 0.1) is 17.3 Å². The maximum absolute atomic E-state index is 2.39. The fourth-order valence-corrected chi connectivity index (χ4v) is 3.02. The molecule has 1 fully saturated rings. The zero-order valence-electron chi connectivity index (χ0n) is 9.19. The first-order chi connectivity index (χ1) is 5.66. The van der Waals surface area contributed by atoms with Gasteiger partial charge in [-0.25, -0.2) is 0 Å². The quantitative estimate of drug-likeness (QED) is 0.575. The van der Waals surface area contributed by atoms with E-state index in [4.69, 9.17) is 0 Å². The fourth-order valence-electron chi connectivity index (χ4n) is 3.02. The van der Waals surface area contributed by atoms with Gasteiger partial charge in [-0.05, 0) is 36.5 Å². The SMILES string of the molecule is CCCC1(CCC)CC1C(C)C.